The number of rotatable bonds is 4. The third-order valence-corrected chi connectivity index (χ3v) is 1.93. The maximum Gasteiger partial charge on any atom is 0.231 e. The first-order valence-electron chi connectivity index (χ1n) is 4.89. The largest absolute Gasteiger partial charge is 0.353 e. The van der Waals surface area contributed by atoms with Crippen LogP contribution in [0.2, 0.25) is 0 Å². The first-order valence-corrected chi connectivity index (χ1v) is 4.89. The minimum atomic E-state index is -0.211. The van der Waals surface area contributed by atoms with Crippen LogP contribution in [0.3, 0.4) is 0 Å². The highest BCUT2D eigenvalue weighted by atomic mass is 16.2. The molecule has 4 heteroatoms. The Kier molecular flexibility index (Phi) is 5.20. The third kappa shape index (κ3) is 4.84. The van der Waals surface area contributed by atoms with Crippen molar-refractivity contribution >= 4 is 11.8 Å². The topological polar surface area (TPSA) is 49.4 Å². The van der Waals surface area contributed by atoms with Crippen molar-refractivity contribution in [1.82, 2.24) is 10.2 Å². The predicted octanol–water partition coefficient (Wildman–Crippen LogP) is 0.768. The smallest absolute Gasteiger partial charge is 0.231 e. The molecule has 0 aromatic carbocycles. The van der Waals surface area contributed by atoms with Gasteiger partial charge in [-0.3, -0.25) is 9.59 Å². The lowest BCUT2D eigenvalue weighted by Crippen LogP contribution is -2.38. The van der Waals surface area contributed by atoms with E-state index in [-0.39, 0.29) is 30.3 Å². The average Bonchev–Trinajstić information content (AvgIpc) is 2.00. The van der Waals surface area contributed by atoms with Crippen LogP contribution < -0.4 is 5.32 Å². The van der Waals surface area contributed by atoms with Crippen molar-refractivity contribution < 1.29 is 9.59 Å². The van der Waals surface area contributed by atoms with E-state index in [9.17, 15) is 9.59 Å². The molecule has 1 N–H and O–H groups in total. The average molecular weight is 200 g/mol. The minimum Gasteiger partial charge on any atom is -0.353 e. The monoisotopic (exact) mass is 200 g/mol. The van der Waals surface area contributed by atoms with Gasteiger partial charge in [-0.2, -0.15) is 0 Å². The molecule has 0 aliphatic heterocycles. The van der Waals surface area contributed by atoms with Crippen LogP contribution in [-0.2, 0) is 9.59 Å². The van der Waals surface area contributed by atoms with E-state index < -0.39 is 0 Å². The van der Waals surface area contributed by atoms with E-state index >= 15 is 0 Å². The molecular formula is C10H20N2O2. The maximum absolute atomic E-state index is 11.4. The molecule has 0 bridgehead atoms. The zero-order valence-corrected chi connectivity index (χ0v) is 9.63. The molecule has 0 fully saturated rings. The Morgan fingerprint density at radius 1 is 1.21 bits per heavy atom. The summed E-state index contributed by atoms with van der Waals surface area (Å²) in [5.74, 6) is -0.351. The fourth-order valence-electron chi connectivity index (χ4n) is 0.923. The van der Waals surface area contributed by atoms with Crippen LogP contribution in [0.5, 0.6) is 0 Å². The summed E-state index contributed by atoms with van der Waals surface area (Å²) in [6.45, 7) is 7.57. The van der Waals surface area contributed by atoms with Gasteiger partial charge in [0.15, 0.2) is 0 Å². The molecule has 0 aromatic heterocycles. The Balaban J connectivity index is 4.00. The fourth-order valence-corrected chi connectivity index (χ4v) is 0.923. The Morgan fingerprint density at radius 3 is 2.07 bits per heavy atom. The number of hydrogen-bond donors (Lipinski definition) is 1. The summed E-state index contributed by atoms with van der Waals surface area (Å²) in [4.78, 5) is 24.2. The van der Waals surface area contributed by atoms with Crippen LogP contribution in [0.4, 0.5) is 0 Å². The predicted molar refractivity (Wildman–Crippen MR) is 55.8 cm³/mol. The van der Waals surface area contributed by atoms with E-state index in [0.29, 0.717) is 0 Å². The highest BCUT2D eigenvalue weighted by Gasteiger charge is 2.16. The van der Waals surface area contributed by atoms with Gasteiger partial charge < -0.3 is 10.2 Å². The Bertz CT molecular complexity index is 212. The molecule has 0 rings (SSSR count). The molecule has 82 valence electrons. The highest BCUT2D eigenvalue weighted by Crippen LogP contribution is 1.97. The summed E-state index contributed by atoms with van der Waals surface area (Å²) < 4.78 is 0. The summed E-state index contributed by atoms with van der Waals surface area (Å²) in [6, 6.07) is 0.217. The van der Waals surface area contributed by atoms with E-state index in [0.717, 1.165) is 0 Å². The van der Waals surface area contributed by atoms with Crippen LogP contribution in [0.1, 0.15) is 34.1 Å². The Hall–Kier alpha value is -1.06. The van der Waals surface area contributed by atoms with Crippen LogP contribution in [0, 0.1) is 0 Å². The van der Waals surface area contributed by atoms with E-state index in [1.807, 2.05) is 27.7 Å². The molecule has 0 aromatic rings. The van der Waals surface area contributed by atoms with Gasteiger partial charge in [0.25, 0.3) is 0 Å². The first-order chi connectivity index (χ1) is 6.34. The van der Waals surface area contributed by atoms with E-state index in [1.165, 1.54) is 0 Å². The van der Waals surface area contributed by atoms with E-state index in [1.54, 1.807) is 11.9 Å². The highest BCUT2D eigenvalue weighted by molar-refractivity contribution is 5.96. The van der Waals surface area contributed by atoms with Crippen molar-refractivity contribution in [3.8, 4) is 0 Å². The van der Waals surface area contributed by atoms with Crippen molar-refractivity contribution in [1.29, 1.82) is 0 Å². The molecule has 0 radical (unpaired) electrons. The van der Waals surface area contributed by atoms with Crippen molar-refractivity contribution in [3.63, 3.8) is 0 Å². The number of nitrogens with one attached hydrogen (secondary N) is 1. The molecule has 0 aliphatic carbocycles. The van der Waals surface area contributed by atoms with Crippen LogP contribution in [0.15, 0.2) is 0 Å². The van der Waals surface area contributed by atoms with Gasteiger partial charge in [0, 0.05) is 19.1 Å². The molecule has 0 aliphatic rings. The zero-order chi connectivity index (χ0) is 11.3. The molecule has 14 heavy (non-hydrogen) atoms. The number of hydrogen-bond acceptors (Lipinski definition) is 2. The Labute approximate surface area is 85.7 Å². The van der Waals surface area contributed by atoms with E-state index in [2.05, 4.69) is 5.32 Å². The summed E-state index contributed by atoms with van der Waals surface area (Å²) in [5.41, 5.74) is 0. The number of amides is 2. The Morgan fingerprint density at radius 2 is 1.71 bits per heavy atom. The van der Waals surface area contributed by atoms with Gasteiger partial charge >= 0.3 is 0 Å². The van der Waals surface area contributed by atoms with Gasteiger partial charge in [-0.25, -0.2) is 0 Å². The molecule has 0 spiro atoms. The SMILES string of the molecule is CC(C)NC(=O)CC(=O)N(C)C(C)C. The second-order valence-corrected chi connectivity index (χ2v) is 4.00. The van der Waals surface area contributed by atoms with Crippen LogP contribution in [0.25, 0.3) is 0 Å². The molecule has 2 amide bonds. The number of nitrogens with zero attached hydrogens (tertiary/aromatic N) is 1. The van der Waals surface area contributed by atoms with Crippen molar-refractivity contribution in [2.45, 2.75) is 46.2 Å². The number of carbonyl (C=O) groups excluding carboxylic acids is 2. The second kappa shape index (κ2) is 5.62. The van der Waals surface area contributed by atoms with Gasteiger partial charge in [-0.15, -0.1) is 0 Å². The van der Waals surface area contributed by atoms with Gasteiger partial charge in [-0.05, 0) is 27.7 Å². The third-order valence-electron chi connectivity index (χ3n) is 1.93. The summed E-state index contributed by atoms with van der Waals surface area (Å²) in [6.07, 6.45) is -0.0626. The van der Waals surface area contributed by atoms with Crippen molar-refractivity contribution in [2.24, 2.45) is 0 Å². The lowest BCUT2D eigenvalue weighted by molar-refractivity contribution is -0.136. The molecule has 0 heterocycles. The molecule has 0 saturated carbocycles. The minimum absolute atomic E-state index is 0.0626. The lowest BCUT2D eigenvalue weighted by atomic mass is 10.2. The molecule has 4 nitrogen and oxygen atoms in total. The van der Waals surface area contributed by atoms with E-state index in [4.69, 9.17) is 0 Å². The molecule has 0 unspecified atom stereocenters. The summed E-state index contributed by atoms with van der Waals surface area (Å²) >= 11 is 0. The molecule has 0 atom stereocenters. The fraction of sp³-hybridized carbons (Fsp3) is 0.800. The normalized spacial score (nSPS) is 10.5. The van der Waals surface area contributed by atoms with Gasteiger partial charge in [0.2, 0.25) is 11.8 Å². The first kappa shape index (κ1) is 12.9. The second-order valence-electron chi connectivity index (χ2n) is 4.00. The van der Waals surface area contributed by atoms with Gasteiger partial charge in [0.1, 0.15) is 6.42 Å². The quantitative estimate of drug-likeness (QED) is 0.681. The lowest BCUT2D eigenvalue weighted by Gasteiger charge is -2.21. The van der Waals surface area contributed by atoms with Crippen LogP contribution in [-0.4, -0.2) is 35.8 Å². The van der Waals surface area contributed by atoms with Crippen molar-refractivity contribution in [3.05, 3.63) is 0 Å². The summed E-state index contributed by atoms with van der Waals surface area (Å²) in [5, 5.41) is 2.68. The standard InChI is InChI=1S/C10H20N2O2/c1-7(2)11-9(13)6-10(14)12(5)8(3)4/h7-8H,6H2,1-5H3,(H,11,13). The summed E-state index contributed by atoms with van der Waals surface area (Å²) in [7, 11) is 1.70. The van der Waals surface area contributed by atoms with Gasteiger partial charge in [0.05, 0.1) is 0 Å². The van der Waals surface area contributed by atoms with Crippen LogP contribution >= 0.6 is 0 Å². The molecular weight excluding hydrogens is 180 g/mol. The maximum atomic E-state index is 11.4. The molecule has 0 saturated heterocycles. The zero-order valence-electron chi connectivity index (χ0n) is 9.63. The number of carbonyl (C=O) groups is 2. The van der Waals surface area contributed by atoms with Gasteiger partial charge in [-0.1, -0.05) is 0 Å². The van der Waals surface area contributed by atoms with Crippen molar-refractivity contribution in [2.75, 3.05) is 7.05 Å².